The number of likely N-dealkylation sites (tertiary alicyclic amines) is 1. The fraction of sp³-hybridized carbons (Fsp3) is 0.818. The highest BCUT2D eigenvalue weighted by Crippen LogP contribution is 2.15. The molecule has 1 aliphatic heterocycles. The lowest BCUT2D eigenvalue weighted by atomic mass is 10.1. The van der Waals surface area contributed by atoms with Gasteiger partial charge in [-0.1, -0.05) is 0 Å². The first-order chi connectivity index (χ1) is 7.90. The molecule has 1 atom stereocenters. The Morgan fingerprint density at radius 1 is 1.35 bits per heavy atom. The Labute approximate surface area is 102 Å². The Hall–Kier alpha value is -1.30. The maximum absolute atomic E-state index is 11.8. The Kier molecular flexibility index (Phi) is 4.74. The number of hydrogen-bond acceptors (Lipinski definition) is 3. The number of amides is 2. The summed E-state index contributed by atoms with van der Waals surface area (Å²) in [5.74, 6) is -0.498. The second-order valence-corrected chi connectivity index (χ2v) is 4.83. The van der Waals surface area contributed by atoms with Crippen molar-refractivity contribution in [2.45, 2.75) is 6.42 Å². The summed E-state index contributed by atoms with van der Waals surface area (Å²) < 4.78 is 0. The molecule has 1 saturated heterocycles. The van der Waals surface area contributed by atoms with Crippen LogP contribution in [0.1, 0.15) is 6.42 Å². The molecule has 1 N–H and O–H groups in total. The molecule has 0 aromatic rings. The number of rotatable bonds is 4. The summed E-state index contributed by atoms with van der Waals surface area (Å²) in [5, 5.41) is 8.61. The summed E-state index contributed by atoms with van der Waals surface area (Å²) in [6.45, 7) is 2.50. The Balaban J connectivity index is 2.38. The highest BCUT2D eigenvalue weighted by Gasteiger charge is 2.24. The van der Waals surface area contributed by atoms with Crippen LogP contribution < -0.4 is 0 Å². The predicted octanol–water partition coefficient (Wildman–Crippen LogP) is 0.00630. The van der Waals surface area contributed by atoms with Gasteiger partial charge in [0, 0.05) is 27.2 Å². The van der Waals surface area contributed by atoms with Gasteiger partial charge in [-0.2, -0.15) is 0 Å². The quantitative estimate of drug-likeness (QED) is 0.755. The van der Waals surface area contributed by atoms with Crippen molar-refractivity contribution in [3.05, 3.63) is 0 Å². The summed E-state index contributed by atoms with van der Waals surface area (Å²) >= 11 is 0. The Morgan fingerprint density at radius 3 is 2.47 bits per heavy atom. The molecule has 1 aliphatic rings. The van der Waals surface area contributed by atoms with Crippen molar-refractivity contribution < 1.29 is 14.7 Å². The number of carboxylic acid groups (broad SMARTS) is 1. The van der Waals surface area contributed by atoms with E-state index in [4.69, 9.17) is 5.11 Å². The minimum absolute atomic E-state index is 0.234. The lowest BCUT2D eigenvalue weighted by Crippen LogP contribution is -2.43. The van der Waals surface area contributed by atoms with E-state index >= 15 is 0 Å². The number of likely N-dealkylation sites (N-methyl/N-ethyl adjacent to an activating group) is 1. The van der Waals surface area contributed by atoms with Crippen molar-refractivity contribution in [1.29, 1.82) is 0 Å². The summed E-state index contributed by atoms with van der Waals surface area (Å²) in [7, 11) is 5.30. The van der Waals surface area contributed by atoms with Gasteiger partial charge in [-0.3, -0.25) is 4.79 Å². The maximum atomic E-state index is 11.8. The van der Waals surface area contributed by atoms with Gasteiger partial charge in [0.2, 0.25) is 0 Å². The van der Waals surface area contributed by atoms with Crippen LogP contribution in [0.2, 0.25) is 0 Å². The van der Waals surface area contributed by atoms with Gasteiger partial charge >= 0.3 is 12.0 Å². The highest BCUT2D eigenvalue weighted by atomic mass is 16.4. The lowest BCUT2D eigenvalue weighted by molar-refractivity contribution is -0.137. The van der Waals surface area contributed by atoms with Crippen LogP contribution in [-0.2, 0) is 4.79 Å². The van der Waals surface area contributed by atoms with Gasteiger partial charge < -0.3 is 19.8 Å². The molecule has 2 amide bonds. The summed E-state index contributed by atoms with van der Waals surface area (Å²) in [6, 6.07) is -0.234. The Morgan fingerprint density at radius 2 is 2.00 bits per heavy atom. The molecule has 0 saturated carbocycles. The molecule has 0 aromatic carbocycles. The summed E-state index contributed by atoms with van der Waals surface area (Å²) in [4.78, 5) is 27.4. The molecule has 6 heteroatoms. The van der Waals surface area contributed by atoms with Gasteiger partial charge in [0.1, 0.15) is 6.54 Å². The standard InChI is InChI=1S/C11H21N3O3/c1-12-5-4-9(6-12)7-13(2)11(17)14(3)8-10(15)16/h9H,4-8H2,1-3H3,(H,15,16). The third-order valence-electron chi connectivity index (χ3n) is 3.05. The number of carbonyl (C=O) groups is 2. The van der Waals surface area contributed by atoms with E-state index in [-0.39, 0.29) is 12.6 Å². The van der Waals surface area contributed by atoms with E-state index in [1.165, 1.54) is 11.9 Å². The van der Waals surface area contributed by atoms with E-state index < -0.39 is 5.97 Å². The van der Waals surface area contributed by atoms with Crippen LogP contribution in [0.5, 0.6) is 0 Å². The topological polar surface area (TPSA) is 64.1 Å². The Bertz CT molecular complexity index is 296. The van der Waals surface area contributed by atoms with Crippen molar-refractivity contribution in [2.75, 3.05) is 47.3 Å². The second-order valence-electron chi connectivity index (χ2n) is 4.83. The summed E-state index contributed by atoms with van der Waals surface area (Å²) in [5.41, 5.74) is 0. The fourth-order valence-electron chi connectivity index (χ4n) is 2.20. The number of carbonyl (C=O) groups excluding carboxylic acids is 1. The van der Waals surface area contributed by atoms with Gasteiger partial charge in [-0.25, -0.2) is 4.79 Å². The van der Waals surface area contributed by atoms with Gasteiger partial charge in [0.05, 0.1) is 0 Å². The molecular formula is C11H21N3O3. The van der Waals surface area contributed by atoms with Crippen LogP contribution in [0, 0.1) is 5.92 Å². The molecule has 0 aromatic heterocycles. The van der Waals surface area contributed by atoms with Crippen LogP contribution >= 0.6 is 0 Å². The van der Waals surface area contributed by atoms with Crippen LogP contribution in [0.4, 0.5) is 4.79 Å². The third kappa shape index (κ3) is 4.22. The molecule has 0 bridgehead atoms. The van der Waals surface area contributed by atoms with E-state index in [0.717, 1.165) is 19.5 Å². The number of aliphatic carboxylic acids is 1. The SMILES string of the molecule is CN1CCC(CN(C)C(=O)N(C)CC(=O)O)C1. The number of hydrogen-bond donors (Lipinski definition) is 1. The molecule has 0 radical (unpaired) electrons. The van der Waals surface area contributed by atoms with Crippen molar-refractivity contribution in [3.63, 3.8) is 0 Å². The van der Waals surface area contributed by atoms with E-state index in [0.29, 0.717) is 12.5 Å². The molecule has 0 aliphatic carbocycles. The van der Waals surface area contributed by atoms with Crippen LogP contribution in [-0.4, -0.2) is 79.1 Å². The zero-order valence-corrected chi connectivity index (χ0v) is 10.7. The van der Waals surface area contributed by atoms with Crippen molar-refractivity contribution in [3.8, 4) is 0 Å². The fourth-order valence-corrected chi connectivity index (χ4v) is 2.20. The molecule has 1 heterocycles. The lowest BCUT2D eigenvalue weighted by Gasteiger charge is -2.26. The van der Waals surface area contributed by atoms with E-state index in [2.05, 4.69) is 11.9 Å². The zero-order chi connectivity index (χ0) is 13.0. The van der Waals surface area contributed by atoms with Crippen molar-refractivity contribution in [2.24, 2.45) is 5.92 Å². The number of nitrogens with zero attached hydrogens (tertiary/aromatic N) is 3. The van der Waals surface area contributed by atoms with Gasteiger partial charge in [-0.15, -0.1) is 0 Å². The number of urea groups is 1. The average Bonchev–Trinajstić information content (AvgIpc) is 2.61. The van der Waals surface area contributed by atoms with Gasteiger partial charge in [0.25, 0.3) is 0 Å². The normalized spacial score (nSPS) is 20.3. The molecule has 1 fully saturated rings. The third-order valence-corrected chi connectivity index (χ3v) is 3.05. The smallest absolute Gasteiger partial charge is 0.323 e. The molecule has 6 nitrogen and oxygen atoms in total. The zero-order valence-electron chi connectivity index (χ0n) is 10.7. The van der Waals surface area contributed by atoms with E-state index in [1.54, 1.807) is 11.9 Å². The van der Waals surface area contributed by atoms with Crippen LogP contribution in [0.15, 0.2) is 0 Å². The molecular weight excluding hydrogens is 222 g/mol. The predicted molar refractivity (Wildman–Crippen MR) is 63.9 cm³/mol. The molecule has 98 valence electrons. The first kappa shape index (κ1) is 13.8. The molecule has 0 spiro atoms. The van der Waals surface area contributed by atoms with Crippen LogP contribution in [0.25, 0.3) is 0 Å². The first-order valence-electron chi connectivity index (χ1n) is 5.76. The summed E-state index contributed by atoms with van der Waals surface area (Å²) in [6.07, 6.45) is 1.09. The van der Waals surface area contributed by atoms with Gasteiger partial charge in [0.15, 0.2) is 0 Å². The van der Waals surface area contributed by atoms with Crippen molar-refractivity contribution >= 4 is 12.0 Å². The largest absolute Gasteiger partial charge is 0.480 e. The maximum Gasteiger partial charge on any atom is 0.323 e. The van der Waals surface area contributed by atoms with E-state index in [1.807, 2.05) is 0 Å². The first-order valence-corrected chi connectivity index (χ1v) is 5.76. The van der Waals surface area contributed by atoms with E-state index in [9.17, 15) is 9.59 Å². The van der Waals surface area contributed by atoms with Gasteiger partial charge in [-0.05, 0) is 25.9 Å². The van der Waals surface area contributed by atoms with Crippen LogP contribution in [0.3, 0.4) is 0 Å². The monoisotopic (exact) mass is 243 g/mol. The second kappa shape index (κ2) is 5.86. The number of carboxylic acids is 1. The molecule has 17 heavy (non-hydrogen) atoms. The molecule has 1 rings (SSSR count). The van der Waals surface area contributed by atoms with Crippen molar-refractivity contribution in [1.82, 2.24) is 14.7 Å². The minimum atomic E-state index is -0.991. The molecule has 1 unspecified atom stereocenters. The highest BCUT2D eigenvalue weighted by molar-refractivity contribution is 5.79. The minimum Gasteiger partial charge on any atom is -0.480 e. The average molecular weight is 243 g/mol.